The Balaban J connectivity index is 0.969. The average Bonchev–Trinajstić information content (AvgIpc) is 3.26. The van der Waals surface area contributed by atoms with E-state index in [0.717, 1.165) is 50.1 Å². The van der Waals surface area contributed by atoms with Crippen molar-refractivity contribution in [2.45, 2.75) is 0 Å². The number of rotatable bonds is 6. The SMILES string of the molecule is c1ccc(-c2nc(-c3ccc(-c4cccc(-c5cccc(-c6cccc(-c7ccc8ccccc8c7)c6)c5)c4)cc3)nc3c2ccc2ccccc23)cc1. The smallest absolute Gasteiger partial charge is 0.160 e. The lowest BCUT2D eigenvalue weighted by Gasteiger charge is -2.12. The van der Waals surface area contributed by atoms with E-state index in [1.54, 1.807) is 0 Å². The summed E-state index contributed by atoms with van der Waals surface area (Å²) >= 11 is 0. The fraction of sp³-hybridized carbons (Fsp3) is 0. The summed E-state index contributed by atoms with van der Waals surface area (Å²) in [6, 6.07) is 73.6. The van der Waals surface area contributed by atoms with Gasteiger partial charge in [0.1, 0.15) is 0 Å². The van der Waals surface area contributed by atoms with Crippen molar-refractivity contribution < 1.29 is 0 Å². The van der Waals surface area contributed by atoms with Crippen LogP contribution in [-0.4, -0.2) is 9.97 Å². The molecule has 0 N–H and O–H groups in total. The van der Waals surface area contributed by atoms with Crippen LogP contribution in [0.2, 0.25) is 0 Å². The third-order valence-corrected chi connectivity index (χ3v) is 10.5. The van der Waals surface area contributed by atoms with Gasteiger partial charge in [0.15, 0.2) is 5.82 Å². The molecular formula is C52H34N2. The summed E-state index contributed by atoms with van der Waals surface area (Å²) in [5, 5.41) is 5.87. The Labute approximate surface area is 314 Å². The van der Waals surface area contributed by atoms with Crippen LogP contribution in [0.5, 0.6) is 0 Å². The van der Waals surface area contributed by atoms with Crippen LogP contribution >= 0.6 is 0 Å². The van der Waals surface area contributed by atoms with E-state index < -0.39 is 0 Å². The largest absolute Gasteiger partial charge is 0.227 e. The molecule has 0 fully saturated rings. The molecule has 0 bridgehead atoms. The van der Waals surface area contributed by atoms with Crippen molar-refractivity contribution in [1.82, 2.24) is 9.97 Å². The van der Waals surface area contributed by atoms with Gasteiger partial charge in [-0.2, -0.15) is 0 Å². The highest BCUT2D eigenvalue weighted by atomic mass is 14.9. The molecule has 2 heteroatoms. The molecule has 2 nitrogen and oxygen atoms in total. The maximum atomic E-state index is 5.17. The van der Waals surface area contributed by atoms with Gasteiger partial charge in [-0.3, -0.25) is 0 Å². The number of fused-ring (bicyclic) bond motifs is 4. The van der Waals surface area contributed by atoms with E-state index in [1.807, 2.05) is 6.07 Å². The van der Waals surface area contributed by atoms with E-state index in [9.17, 15) is 0 Å². The van der Waals surface area contributed by atoms with E-state index in [0.29, 0.717) is 0 Å². The first kappa shape index (κ1) is 31.6. The lowest BCUT2D eigenvalue weighted by molar-refractivity contribution is 1.23. The van der Waals surface area contributed by atoms with Gasteiger partial charge in [0.25, 0.3) is 0 Å². The number of nitrogens with zero attached hydrogens (tertiary/aromatic N) is 2. The molecule has 0 aliphatic heterocycles. The second kappa shape index (κ2) is 13.4. The standard InChI is InChI=1S/C52H34N2/c1-2-13-38(14-3-1)50-49-30-29-37-12-6-7-22-48(37)51(49)54-52(53-50)39-26-23-36(24-27-39)41-16-8-17-42(31-41)43-18-9-19-44(33-43)45-20-10-21-46(34-45)47-28-25-35-11-4-5-15-40(35)32-47/h1-34H. The predicted octanol–water partition coefficient (Wildman–Crippen LogP) is 13.9. The Kier molecular flexibility index (Phi) is 7.85. The highest BCUT2D eigenvalue weighted by molar-refractivity contribution is 6.09. The van der Waals surface area contributed by atoms with Crippen LogP contribution in [0.25, 0.3) is 99.6 Å². The highest BCUT2D eigenvalue weighted by Gasteiger charge is 2.14. The molecule has 1 heterocycles. The van der Waals surface area contributed by atoms with Crippen molar-refractivity contribution in [3.05, 3.63) is 206 Å². The van der Waals surface area contributed by atoms with Crippen LogP contribution in [0.3, 0.4) is 0 Å². The summed E-state index contributed by atoms with van der Waals surface area (Å²) < 4.78 is 0. The molecule has 0 saturated heterocycles. The molecular weight excluding hydrogens is 653 g/mol. The maximum absolute atomic E-state index is 5.17. The van der Waals surface area contributed by atoms with E-state index in [-0.39, 0.29) is 0 Å². The zero-order valence-electron chi connectivity index (χ0n) is 29.5. The number of hydrogen-bond acceptors (Lipinski definition) is 2. The van der Waals surface area contributed by atoms with Crippen LogP contribution in [-0.2, 0) is 0 Å². The molecule has 10 rings (SSSR count). The molecule has 1 aromatic heterocycles. The molecule has 0 atom stereocenters. The Morgan fingerprint density at radius 3 is 1.35 bits per heavy atom. The summed E-state index contributed by atoms with van der Waals surface area (Å²) in [5.74, 6) is 0.722. The van der Waals surface area contributed by atoms with Crippen molar-refractivity contribution in [3.63, 3.8) is 0 Å². The topological polar surface area (TPSA) is 25.8 Å². The molecule has 54 heavy (non-hydrogen) atoms. The third kappa shape index (κ3) is 5.90. The van der Waals surface area contributed by atoms with Gasteiger partial charge >= 0.3 is 0 Å². The van der Waals surface area contributed by atoms with Gasteiger partial charge in [-0.1, -0.05) is 176 Å². The van der Waals surface area contributed by atoms with E-state index >= 15 is 0 Å². The third-order valence-electron chi connectivity index (χ3n) is 10.5. The van der Waals surface area contributed by atoms with E-state index in [1.165, 1.54) is 49.5 Å². The van der Waals surface area contributed by atoms with Crippen LogP contribution in [0.15, 0.2) is 206 Å². The first-order chi connectivity index (χ1) is 26.7. The summed E-state index contributed by atoms with van der Waals surface area (Å²) in [4.78, 5) is 10.3. The summed E-state index contributed by atoms with van der Waals surface area (Å²) in [5.41, 5.74) is 13.5. The van der Waals surface area contributed by atoms with Gasteiger partial charge in [0.05, 0.1) is 11.2 Å². The molecule has 252 valence electrons. The van der Waals surface area contributed by atoms with Gasteiger partial charge in [-0.25, -0.2) is 9.97 Å². The Morgan fingerprint density at radius 2 is 0.704 bits per heavy atom. The fourth-order valence-electron chi connectivity index (χ4n) is 7.62. The monoisotopic (exact) mass is 686 g/mol. The van der Waals surface area contributed by atoms with Gasteiger partial charge in [0, 0.05) is 21.9 Å². The second-order valence-corrected chi connectivity index (χ2v) is 13.8. The Morgan fingerprint density at radius 1 is 0.241 bits per heavy atom. The zero-order valence-corrected chi connectivity index (χ0v) is 29.5. The van der Waals surface area contributed by atoms with Crippen molar-refractivity contribution in [2.75, 3.05) is 0 Å². The van der Waals surface area contributed by atoms with Crippen LogP contribution < -0.4 is 0 Å². The minimum absolute atomic E-state index is 0.722. The minimum Gasteiger partial charge on any atom is -0.227 e. The van der Waals surface area contributed by atoms with Gasteiger partial charge in [0.2, 0.25) is 0 Å². The van der Waals surface area contributed by atoms with Crippen molar-refractivity contribution in [1.29, 1.82) is 0 Å². The van der Waals surface area contributed by atoms with Gasteiger partial charge in [-0.15, -0.1) is 0 Å². The molecule has 10 aromatic rings. The fourth-order valence-corrected chi connectivity index (χ4v) is 7.62. The van der Waals surface area contributed by atoms with Gasteiger partial charge < -0.3 is 0 Å². The summed E-state index contributed by atoms with van der Waals surface area (Å²) in [6.45, 7) is 0. The van der Waals surface area contributed by atoms with Crippen molar-refractivity contribution in [2.24, 2.45) is 0 Å². The Bertz CT molecular complexity index is 2980. The molecule has 0 unspecified atom stereocenters. The van der Waals surface area contributed by atoms with Crippen molar-refractivity contribution in [3.8, 4) is 67.2 Å². The molecule has 0 saturated carbocycles. The first-order valence-corrected chi connectivity index (χ1v) is 18.4. The summed E-state index contributed by atoms with van der Waals surface area (Å²) in [6.07, 6.45) is 0. The van der Waals surface area contributed by atoms with Crippen LogP contribution in [0.4, 0.5) is 0 Å². The highest BCUT2D eigenvalue weighted by Crippen LogP contribution is 2.35. The number of benzene rings is 9. The van der Waals surface area contributed by atoms with Crippen LogP contribution in [0, 0.1) is 0 Å². The summed E-state index contributed by atoms with van der Waals surface area (Å²) in [7, 11) is 0. The molecule has 0 spiro atoms. The van der Waals surface area contributed by atoms with Crippen LogP contribution in [0.1, 0.15) is 0 Å². The average molecular weight is 687 g/mol. The Hall–Kier alpha value is -7.16. The van der Waals surface area contributed by atoms with Crippen molar-refractivity contribution >= 4 is 32.4 Å². The quantitative estimate of drug-likeness (QED) is 0.163. The molecule has 9 aromatic carbocycles. The molecule has 0 radical (unpaired) electrons. The zero-order chi connectivity index (χ0) is 35.8. The minimum atomic E-state index is 0.722. The van der Waals surface area contributed by atoms with E-state index in [4.69, 9.17) is 9.97 Å². The lowest BCUT2D eigenvalue weighted by Crippen LogP contribution is -1.96. The number of aromatic nitrogens is 2. The van der Waals surface area contributed by atoms with E-state index in [2.05, 4.69) is 200 Å². The molecule has 0 amide bonds. The lowest BCUT2D eigenvalue weighted by atomic mass is 9.94. The second-order valence-electron chi connectivity index (χ2n) is 13.8. The predicted molar refractivity (Wildman–Crippen MR) is 227 cm³/mol. The number of hydrogen-bond donors (Lipinski definition) is 0. The molecule has 0 aliphatic carbocycles. The first-order valence-electron chi connectivity index (χ1n) is 18.4. The molecule has 0 aliphatic rings. The van der Waals surface area contributed by atoms with Gasteiger partial charge in [-0.05, 0) is 91.0 Å². The maximum Gasteiger partial charge on any atom is 0.160 e. The normalized spacial score (nSPS) is 11.3.